The van der Waals surface area contributed by atoms with Gasteiger partial charge in [-0.25, -0.2) is 9.97 Å². The number of pyridine rings is 1. The summed E-state index contributed by atoms with van der Waals surface area (Å²) in [4.78, 5) is 8.27. The van der Waals surface area contributed by atoms with E-state index in [2.05, 4.69) is 20.3 Å². The van der Waals surface area contributed by atoms with Crippen LogP contribution in [0.15, 0.2) is 43.2 Å². The Labute approximate surface area is 109 Å². The van der Waals surface area contributed by atoms with Crippen LogP contribution >= 0.6 is 0 Å². The summed E-state index contributed by atoms with van der Waals surface area (Å²) < 4.78 is 3.80. The van der Waals surface area contributed by atoms with Gasteiger partial charge in [-0.15, -0.1) is 5.10 Å². The summed E-state index contributed by atoms with van der Waals surface area (Å²) in [5.41, 5.74) is 7.73. The maximum absolute atomic E-state index is 5.89. The zero-order valence-corrected chi connectivity index (χ0v) is 10.2. The Morgan fingerprint density at radius 1 is 1.21 bits per heavy atom. The number of rotatable bonds is 4. The van der Waals surface area contributed by atoms with E-state index >= 15 is 0 Å². The number of nitrogens with zero attached hydrogens (tertiary/aromatic N) is 6. The van der Waals surface area contributed by atoms with Gasteiger partial charge in [0, 0.05) is 24.5 Å². The van der Waals surface area contributed by atoms with Crippen molar-refractivity contribution in [2.75, 3.05) is 5.73 Å². The number of aromatic nitrogens is 6. The fourth-order valence-corrected chi connectivity index (χ4v) is 1.92. The van der Waals surface area contributed by atoms with E-state index < -0.39 is 0 Å². The van der Waals surface area contributed by atoms with E-state index in [1.807, 2.05) is 22.9 Å². The molecule has 3 aromatic heterocycles. The summed E-state index contributed by atoms with van der Waals surface area (Å²) in [5, 5.41) is 7.71. The summed E-state index contributed by atoms with van der Waals surface area (Å²) in [5.74, 6) is 0.505. The summed E-state index contributed by atoms with van der Waals surface area (Å²) in [7, 11) is 0. The van der Waals surface area contributed by atoms with Gasteiger partial charge in [-0.3, -0.25) is 4.68 Å². The third-order valence-electron chi connectivity index (χ3n) is 2.87. The molecule has 3 heterocycles. The Kier molecular flexibility index (Phi) is 2.93. The highest BCUT2D eigenvalue weighted by molar-refractivity contribution is 5.70. The topological polar surface area (TPSA) is 87.4 Å². The first kappa shape index (κ1) is 11.4. The fraction of sp³-hybridized carbons (Fsp3) is 0.167. The van der Waals surface area contributed by atoms with Gasteiger partial charge in [0.2, 0.25) is 0 Å². The molecular weight excluding hydrogens is 242 g/mol. The summed E-state index contributed by atoms with van der Waals surface area (Å²) in [6.07, 6.45) is 8.73. The lowest BCUT2D eigenvalue weighted by atomic mass is 10.2. The lowest BCUT2D eigenvalue weighted by Crippen LogP contribution is -2.09. The summed E-state index contributed by atoms with van der Waals surface area (Å²) >= 11 is 0. The molecule has 2 N–H and O–H groups in total. The minimum absolute atomic E-state index is 0.505. The van der Waals surface area contributed by atoms with Crippen molar-refractivity contribution in [1.29, 1.82) is 0 Å². The highest BCUT2D eigenvalue weighted by atomic mass is 15.4. The molecule has 19 heavy (non-hydrogen) atoms. The third-order valence-corrected chi connectivity index (χ3v) is 2.87. The molecule has 0 radical (unpaired) electrons. The quantitative estimate of drug-likeness (QED) is 0.745. The SMILES string of the molecule is Nc1ncccc1-c1cncn1CCn1ccnn1. The van der Waals surface area contributed by atoms with Crippen molar-refractivity contribution in [2.45, 2.75) is 13.1 Å². The molecule has 0 aromatic carbocycles. The predicted molar refractivity (Wildman–Crippen MR) is 69.9 cm³/mol. The zero-order valence-electron chi connectivity index (χ0n) is 10.2. The monoisotopic (exact) mass is 255 g/mol. The Balaban J connectivity index is 1.84. The molecule has 0 atom stereocenters. The average Bonchev–Trinajstić information content (AvgIpc) is 3.08. The Hall–Kier alpha value is -2.70. The van der Waals surface area contributed by atoms with E-state index in [4.69, 9.17) is 5.73 Å². The molecule has 96 valence electrons. The number of nitrogens with two attached hydrogens (primary N) is 1. The van der Waals surface area contributed by atoms with E-state index in [0.29, 0.717) is 5.82 Å². The Morgan fingerprint density at radius 3 is 2.95 bits per heavy atom. The van der Waals surface area contributed by atoms with Gasteiger partial charge in [-0.1, -0.05) is 5.21 Å². The number of anilines is 1. The highest BCUT2D eigenvalue weighted by Gasteiger charge is 2.08. The smallest absolute Gasteiger partial charge is 0.132 e. The molecule has 0 saturated carbocycles. The fourth-order valence-electron chi connectivity index (χ4n) is 1.92. The van der Waals surface area contributed by atoms with Crippen LogP contribution in [0.1, 0.15) is 0 Å². The summed E-state index contributed by atoms with van der Waals surface area (Å²) in [6, 6.07) is 3.80. The minimum Gasteiger partial charge on any atom is -0.383 e. The minimum atomic E-state index is 0.505. The molecule has 0 unspecified atom stereocenters. The van der Waals surface area contributed by atoms with Crippen molar-refractivity contribution in [3.63, 3.8) is 0 Å². The standard InChI is InChI=1S/C12H13N7/c13-12-10(2-1-3-15-12)11-8-14-9-18(11)6-7-19-5-4-16-17-19/h1-5,8-9H,6-7H2,(H2,13,15). The molecule has 0 aliphatic rings. The van der Waals surface area contributed by atoms with Crippen LogP contribution < -0.4 is 5.73 Å². The molecule has 0 amide bonds. The predicted octanol–water partition coefficient (Wildman–Crippen LogP) is 0.819. The van der Waals surface area contributed by atoms with Crippen LogP contribution in [0.4, 0.5) is 5.82 Å². The second-order valence-electron chi connectivity index (χ2n) is 4.07. The van der Waals surface area contributed by atoms with E-state index in [1.165, 1.54) is 0 Å². The molecule has 7 heteroatoms. The maximum Gasteiger partial charge on any atom is 0.132 e. The first-order valence-corrected chi connectivity index (χ1v) is 5.89. The van der Waals surface area contributed by atoms with Crippen LogP contribution in [0.2, 0.25) is 0 Å². The van der Waals surface area contributed by atoms with Crippen molar-refractivity contribution in [3.8, 4) is 11.3 Å². The zero-order chi connectivity index (χ0) is 13.1. The number of hydrogen-bond acceptors (Lipinski definition) is 5. The first-order valence-electron chi connectivity index (χ1n) is 5.89. The van der Waals surface area contributed by atoms with Crippen molar-refractivity contribution >= 4 is 5.82 Å². The van der Waals surface area contributed by atoms with Crippen molar-refractivity contribution in [2.24, 2.45) is 0 Å². The third kappa shape index (κ3) is 2.30. The molecule has 3 aromatic rings. The Morgan fingerprint density at radius 2 is 2.16 bits per heavy atom. The summed E-state index contributed by atoms with van der Waals surface area (Å²) in [6.45, 7) is 1.47. The molecule has 0 spiro atoms. The average molecular weight is 255 g/mol. The van der Waals surface area contributed by atoms with Gasteiger partial charge in [-0.2, -0.15) is 0 Å². The van der Waals surface area contributed by atoms with Crippen molar-refractivity contribution in [1.82, 2.24) is 29.5 Å². The van der Waals surface area contributed by atoms with Crippen molar-refractivity contribution in [3.05, 3.63) is 43.2 Å². The van der Waals surface area contributed by atoms with Crippen LogP contribution in [0.5, 0.6) is 0 Å². The molecule has 0 saturated heterocycles. The number of hydrogen-bond donors (Lipinski definition) is 1. The molecular formula is C12H13N7. The second kappa shape index (κ2) is 4.89. The van der Waals surface area contributed by atoms with Crippen LogP contribution in [-0.2, 0) is 13.1 Å². The maximum atomic E-state index is 5.89. The van der Waals surface area contributed by atoms with Gasteiger partial charge in [0.05, 0.1) is 31.0 Å². The van der Waals surface area contributed by atoms with Crippen LogP contribution in [0, 0.1) is 0 Å². The van der Waals surface area contributed by atoms with Gasteiger partial charge in [-0.05, 0) is 12.1 Å². The first-order chi connectivity index (χ1) is 9.34. The number of nitrogen functional groups attached to an aromatic ring is 1. The molecule has 7 nitrogen and oxygen atoms in total. The van der Waals surface area contributed by atoms with Crippen LogP contribution in [0.25, 0.3) is 11.3 Å². The molecule has 0 aliphatic carbocycles. The van der Waals surface area contributed by atoms with E-state index in [9.17, 15) is 0 Å². The van der Waals surface area contributed by atoms with Gasteiger partial charge in [0.25, 0.3) is 0 Å². The number of imidazole rings is 1. The van der Waals surface area contributed by atoms with E-state index in [0.717, 1.165) is 24.3 Å². The van der Waals surface area contributed by atoms with Gasteiger partial charge in [0.15, 0.2) is 0 Å². The van der Waals surface area contributed by atoms with E-state index in [1.54, 1.807) is 29.6 Å². The lowest BCUT2D eigenvalue weighted by molar-refractivity contribution is 0.521. The molecule has 0 fully saturated rings. The highest BCUT2D eigenvalue weighted by Crippen LogP contribution is 2.23. The van der Waals surface area contributed by atoms with E-state index in [-0.39, 0.29) is 0 Å². The van der Waals surface area contributed by atoms with Gasteiger partial charge < -0.3 is 10.3 Å². The largest absolute Gasteiger partial charge is 0.383 e. The number of aryl methyl sites for hydroxylation is 2. The van der Waals surface area contributed by atoms with Gasteiger partial charge >= 0.3 is 0 Å². The van der Waals surface area contributed by atoms with Crippen LogP contribution in [-0.4, -0.2) is 29.5 Å². The van der Waals surface area contributed by atoms with Crippen LogP contribution in [0.3, 0.4) is 0 Å². The lowest BCUT2D eigenvalue weighted by Gasteiger charge is -2.09. The normalized spacial score (nSPS) is 10.7. The second-order valence-corrected chi connectivity index (χ2v) is 4.07. The van der Waals surface area contributed by atoms with Crippen molar-refractivity contribution < 1.29 is 0 Å². The molecule has 0 aliphatic heterocycles. The molecule has 0 bridgehead atoms. The Bertz CT molecular complexity index is 656. The van der Waals surface area contributed by atoms with Gasteiger partial charge in [0.1, 0.15) is 5.82 Å². The molecule has 3 rings (SSSR count).